The highest BCUT2D eigenvalue weighted by Gasteiger charge is 2.35. The third-order valence-electron chi connectivity index (χ3n) is 7.74. The SMILES string of the molecule is O=C1CCc2c(cccc2OC[C@@H](O)CN2C[C@@H]3C/C=C\C[C@H]2CN3c2ccc3ccccc3c2)N1. The number of piperazine rings is 1. The summed E-state index contributed by atoms with van der Waals surface area (Å²) in [4.78, 5) is 16.7. The largest absolute Gasteiger partial charge is 0.490 e. The molecule has 7 rings (SSSR count). The van der Waals surface area contributed by atoms with E-state index in [0.717, 1.165) is 42.9 Å². The van der Waals surface area contributed by atoms with Crippen LogP contribution in [0.4, 0.5) is 11.4 Å². The summed E-state index contributed by atoms with van der Waals surface area (Å²) in [5.74, 6) is 0.796. The lowest BCUT2D eigenvalue weighted by Gasteiger charge is -2.48. The molecule has 0 aromatic heterocycles. The standard InChI is InChI=1S/C30H33N3O3/c34-26(20-36-29-11-5-10-28-27(29)14-15-30(35)31-28)19-32-17-25-9-4-3-8-24(32)18-33(25)23-13-12-21-6-1-2-7-22(21)16-23/h1-7,10-13,16,24-26,34H,8-9,14-15,17-20H2,(H,31,35)/b4-3-/t24-,25-,26-/m0/s1. The number of ether oxygens (including phenoxy) is 1. The smallest absolute Gasteiger partial charge is 0.224 e. The fourth-order valence-corrected chi connectivity index (χ4v) is 5.87. The van der Waals surface area contributed by atoms with Gasteiger partial charge >= 0.3 is 0 Å². The Bertz CT molecular complexity index is 1290. The zero-order valence-electron chi connectivity index (χ0n) is 20.5. The molecule has 3 aromatic rings. The average Bonchev–Trinajstić information content (AvgIpc) is 2.87. The number of benzene rings is 3. The van der Waals surface area contributed by atoms with E-state index >= 15 is 0 Å². The molecule has 4 aliphatic heterocycles. The molecule has 186 valence electrons. The summed E-state index contributed by atoms with van der Waals surface area (Å²) < 4.78 is 6.06. The van der Waals surface area contributed by atoms with Crippen LogP contribution in [0, 0.1) is 0 Å². The quantitative estimate of drug-likeness (QED) is 0.510. The van der Waals surface area contributed by atoms with Gasteiger partial charge in [0.2, 0.25) is 5.91 Å². The molecule has 4 heterocycles. The van der Waals surface area contributed by atoms with E-state index in [-0.39, 0.29) is 12.5 Å². The first-order valence-corrected chi connectivity index (χ1v) is 13.0. The first-order valence-electron chi connectivity index (χ1n) is 13.0. The summed E-state index contributed by atoms with van der Waals surface area (Å²) in [6, 6.07) is 21.7. The van der Waals surface area contributed by atoms with Crippen molar-refractivity contribution in [1.82, 2.24) is 4.90 Å². The second kappa shape index (κ2) is 9.96. The molecule has 1 saturated heterocycles. The highest BCUT2D eigenvalue weighted by Crippen LogP contribution is 2.32. The first-order chi connectivity index (χ1) is 17.6. The summed E-state index contributed by atoms with van der Waals surface area (Å²) >= 11 is 0. The lowest BCUT2D eigenvalue weighted by atomic mass is 9.96. The Balaban J connectivity index is 1.12. The maximum Gasteiger partial charge on any atom is 0.224 e. The Labute approximate surface area is 212 Å². The van der Waals surface area contributed by atoms with Gasteiger partial charge in [0.15, 0.2) is 0 Å². The van der Waals surface area contributed by atoms with Crippen LogP contribution < -0.4 is 15.0 Å². The van der Waals surface area contributed by atoms with Crippen LogP contribution in [0.5, 0.6) is 5.75 Å². The van der Waals surface area contributed by atoms with Crippen molar-refractivity contribution >= 4 is 28.1 Å². The van der Waals surface area contributed by atoms with Crippen molar-refractivity contribution in [3.63, 3.8) is 0 Å². The summed E-state index contributed by atoms with van der Waals surface area (Å²) in [5, 5.41) is 16.4. The minimum atomic E-state index is -0.585. The molecule has 4 aliphatic rings. The van der Waals surface area contributed by atoms with E-state index in [1.54, 1.807) is 0 Å². The van der Waals surface area contributed by atoms with Gasteiger partial charge in [-0.1, -0.05) is 48.6 Å². The molecule has 3 atom stereocenters. The van der Waals surface area contributed by atoms with Gasteiger partial charge in [0.25, 0.3) is 0 Å². The Morgan fingerprint density at radius 3 is 2.67 bits per heavy atom. The maximum atomic E-state index is 11.7. The number of amides is 1. The second-order valence-electron chi connectivity index (χ2n) is 10.2. The van der Waals surface area contributed by atoms with Crippen LogP contribution in [0.2, 0.25) is 0 Å². The van der Waals surface area contributed by atoms with E-state index in [9.17, 15) is 9.90 Å². The van der Waals surface area contributed by atoms with Gasteiger partial charge in [-0.25, -0.2) is 0 Å². The molecule has 2 bridgehead atoms. The number of carbonyl (C=O) groups is 1. The number of aliphatic hydroxyl groups is 1. The van der Waals surface area contributed by atoms with Gasteiger partial charge in [-0.2, -0.15) is 0 Å². The molecule has 1 fully saturated rings. The summed E-state index contributed by atoms with van der Waals surface area (Å²) in [6.07, 6.45) is 7.15. The van der Waals surface area contributed by atoms with Crippen LogP contribution in [0.25, 0.3) is 10.8 Å². The average molecular weight is 484 g/mol. The van der Waals surface area contributed by atoms with Gasteiger partial charge in [0.05, 0.1) is 0 Å². The topological polar surface area (TPSA) is 65.0 Å². The molecular formula is C30H33N3O3. The number of nitrogens with one attached hydrogen (secondary N) is 1. The van der Waals surface area contributed by atoms with Gasteiger partial charge in [-0.3, -0.25) is 9.69 Å². The monoisotopic (exact) mass is 483 g/mol. The number of rotatable bonds is 6. The lowest BCUT2D eigenvalue weighted by Crippen LogP contribution is -2.60. The van der Waals surface area contributed by atoms with E-state index in [0.29, 0.717) is 31.5 Å². The number of carbonyl (C=O) groups excluding carboxylic acids is 1. The van der Waals surface area contributed by atoms with Crippen LogP contribution in [-0.2, 0) is 11.2 Å². The molecule has 1 amide bonds. The third-order valence-corrected chi connectivity index (χ3v) is 7.74. The van der Waals surface area contributed by atoms with Crippen LogP contribution in [0.1, 0.15) is 24.8 Å². The minimum absolute atomic E-state index is 0.0404. The number of anilines is 2. The number of hydrogen-bond donors (Lipinski definition) is 2. The molecule has 0 unspecified atom stereocenters. The van der Waals surface area contributed by atoms with Crippen LogP contribution in [0.15, 0.2) is 72.8 Å². The number of nitrogens with zero attached hydrogens (tertiary/aromatic N) is 2. The van der Waals surface area contributed by atoms with Gasteiger partial charge in [-0.15, -0.1) is 0 Å². The molecule has 6 nitrogen and oxygen atoms in total. The van der Waals surface area contributed by atoms with E-state index < -0.39 is 6.10 Å². The van der Waals surface area contributed by atoms with Crippen molar-refractivity contribution in [2.45, 2.75) is 43.9 Å². The molecular weight excluding hydrogens is 450 g/mol. The highest BCUT2D eigenvalue weighted by atomic mass is 16.5. The molecule has 0 spiro atoms. The maximum absolute atomic E-state index is 11.7. The third kappa shape index (κ3) is 4.71. The number of fused-ring (bicyclic) bond motifs is 6. The molecule has 6 heteroatoms. The molecule has 36 heavy (non-hydrogen) atoms. The molecule has 2 N–H and O–H groups in total. The fourth-order valence-electron chi connectivity index (χ4n) is 5.87. The van der Waals surface area contributed by atoms with Gasteiger partial charge < -0.3 is 20.1 Å². The van der Waals surface area contributed by atoms with Crippen LogP contribution >= 0.6 is 0 Å². The van der Waals surface area contributed by atoms with Crippen LogP contribution in [0.3, 0.4) is 0 Å². The zero-order chi connectivity index (χ0) is 24.5. The molecule has 0 saturated carbocycles. The van der Waals surface area contributed by atoms with Crippen molar-refractivity contribution < 1.29 is 14.6 Å². The van der Waals surface area contributed by atoms with Gasteiger partial charge in [0.1, 0.15) is 18.5 Å². The Morgan fingerprint density at radius 1 is 0.944 bits per heavy atom. The Hall–Kier alpha value is -3.35. The molecule has 0 aliphatic carbocycles. The summed E-state index contributed by atoms with van der Waals surface area (Å²) in [6.45, 7) is 2.70. The molecule has 0 radical (unpaired) electrons. The summed E-state index contributed by atoms with van der Waals surface area (Å²) in [7, 11) is 0. The first kappa shape index (κ1) is 23.1. The van der Waals surface area contributed by atoms with Crippen LogP contribution in [-0.4, -0.2) is 60.3 Å². The van der Waals surface area contributed by atoms with Crippen molar-refractivity contribution in [3.8, 4) is 5.75 Å². The predicted molar refractivity (Wildman–Crippen MR) is 144 cm³/mol. The van der Waals surface area contributed by atoms with E-state index in [4.69, 9.17) is 4.74 Å². The number of aliphatic hydroxyl groups excluding tert-OH is 1. The van der Waals surface area contributed by atoms with Crippen molar-refractivity contribution in [1.29, 1.82) is 0 Å². The van der Waals surface area contributed by atoms with Crippen molar-refractivity contribution in [3.05, 3.63) is 78.4 Å². The second-order valence-corrected chi connectivity index (χ2v) is 10.2. The Morgan fingerprint density at radius 2 is 1.78 bits per heavy atom. The van der Waals surface area contributed by atoms with E-state index in [2.05, 4.69) is 69.7 Å². The van der Waals surface area contributed by atoms with Gasteiger partial charge in [-0.05, 0) is 54.3 Å². The van der Waals surface area contributed by atoms with E-state index in [1.807, 2.05) is 18.2 Å². The Kier molecular flexibility index (Phi) is 6.38. The fraction of sp³-hybridized carbons (Fsp3) is 0.367. The number of hydrogen-bond acceptors (Lipinski definition) is 5. The summed E-state index contributed by atoms with van der Waals surface area (Å²) in [5.41, 5.74) is 3.12. The van der Waals surface area contributed by atoms with Gasteiger partial charge in [0, 0.05) is 55.1 Å². The highest BCUT2D eigenvalue weighted by molar-refractivity contribution is 5.94. The normalized spacial score (nSPS) is 23.5. The minimum Gasteiger partial charge on any atom is -0.490 e. The van der Waals surface area contributed by atoms with E-state index in [1.165, 1.54) is 16.5 Å². The lowest BCUT2D eigenvalue weighted by molar-refractivity contribution is -0.116. The zero-order valence-corrected chi connectivity index (χ0v) is 20.5. The van der Waals surface area contributed by atoms with Crippen molar-refractivity contribution in [2.75, 3.05) is 36.5 Å². The predicted octanol–water partition coefficient (Wildman–Crippen LogP) is 4.37. The molecule has 3 aromatic carbocycles. The van der Waals surface area contributed by atoms with Crippen molar-refractivity contribution in [2.24, 2.45) is 0 Å².